The molecule has 112 valence electrons. The SMILES string of the molecule is CCC1CNC(C2CC2)CN1C(C)c1cc(C)sc1C. The van der Waals surface area contributed by atoms with Gasteiger partial charge in [-0.2, -0.15) is 0 Å². The number of nitrogens with one attached hydrogen (secondary N) is 1. The van der Waals surface area contributed by atoms with E-state index in [1.54, 1.807) is 5.56 Å². The molecule has 1 aromatic heterocycles. The molecule has 20 heavy (non-hydrogen) atoms. The second kappa shape index (κ2) is 5.78. The highest BCUT2D eigenvalue weighted by molar-refractivity contribution is 7.12. The normalized spacial score (nSPS) is 29.6. The molecule has 0 bridgehead atoms. The minimum Gasteiger partial charge on any atom is -0.311 e. The molecule has 1 saturated carbocycles. The first-order valence-corrected chi connectivity index (χ1v) is 8.97. The topological polar surface area (TPSA) is 15.3 Å². The van der Waals surface area contributed by atoms with Crippen LogP contribution in [0.5, 0.6) is 0 Å². The molecule has 2 fully saturated rings. The molecule has 0 spiro atoms. The van der Waals surface area contributed by atoms with E-state index in [-0.39, 0.29) is 0 Å². The van der Waals surface area contributed by atoms with Crippen LogP contribution in [0.15, 0.2) is 6.07 Å². The Bertz CT molecular complexity index is 464. The minimum absolute atomic E-state index is 0.563. The second-order valence-electron chi connectivity index (χ2n) is 6.66. The zero-order chi connectivity index (χ0) is 14.3. The van der Waals surface area contributed by atoms with Crippen molar-refractivity contribution in [3.63, 3.8) is 0 Å². The molecule has 3 heteroatoms. The van der Waals surface area contributed by atoms with E-state index in [1.165, 1.54) is 42.1 Å². The van der Waals surface area contributed by atoms with Crippen molar-refractivity contribution >= 4 is 11.3 Å². The van der Waals surface area contributed by atoms with E-state index in [2.05, 4.69) is 44.0 Å². The minimum atomic E-state index is 0.563. The van der Waals surface area contributed by atoms with Crippen LogP contribution in [0.1, 0.15) is 54.5 Å². The Kier molecular flexibility index (Phi) is 4.21. The maximum absolute atomic E-state index is 3.80. The molecule has 1 aromatic rings. The maximum atomic E-state index is 3.80. The monoisotopic (exact) mass is 292 g/mol. The zero-order valence-electron chi connectivity index (χ0n) is 13.3. The Labute approximate surface area is 127 Å². The van der Waals surface area contributed by atoms with Gasteiger partial charge in [0.2, 0.25) is 0 Å². The van der Waals surface area contributed by atoms with Gasteiger partial charge in [0.1, 0.15) is 0 Å². The molecule has 2 nitrogen and oxygen atoms in total. The van der Waals surface area contributed by atoms with Crippen molar-refractivity contribution in [2.45, 2.75) is 65.1 Å². The number of thiophene rings is 1. The number of aryl methyl sites for hydroxylation is 2. The van der Waals surface area contributed by atoms with Gasteiger partial charge in [-0.25, -0.2) is 0 Å². The number of hydrogen-bond donors (Lipinski definition) is 1. The summed E-state index contributed by atoms with van der Waals surface area (Å²) in [6.07, 6.45) is 4.12. The van der Waals surface area contributed by atoms with Crippen LogP contribution < -0.4 is 5.32 Å². The summed E-state index contributed by atoms with van der Waals surface area (Å²) in [5.74, 6) is 0.952. The molecule has 2 aliphatic rings. The number of piperazine rings is 1. The molecule has 1 saturated heterocycles. The molecule has 1 aliphatic carbocycles. The lowest BCUT2D eigenvalue weighted by Gasteiger charge is -2.44. The van der Waals surface area contributed by atoms with E-state index in [4.69, 9.17) is 0 Å². The Morgan fingerprint density at radius 2 is 2.15 bits per heavy atom. The number of hydrogen-bond acceptors (Lipinski definition) is 3. The van der Waals surface area contributed by atoms with Crippen molar-refractivity contribution < 1.29 is 0 Å². The van der Waals surface area contributed by atoms with Gasteiger partial charge in [0.15, 0.2) is 0 Å². The Morgan fingerprint density at radius 1 is 1.40 bits per heavy atom. The number of nitrogens with zero attached hydrogens (tertiary/aromatic N) is 1. The third kappa shape index (κ3) is 2.81. The van der Waals surface area contributed by atoms with Crippen LogP contribution in [0.4, 0.5) is 0 Å². The molecule has 2 heterocycles. The van der Waals surface area contributed by atoms with Crippen molar-refractivity contribution in [3.8, 4) is 0 Å². The quantitative estimate of drug-likeness (QED) is 0.906. The molecule has 3 unspecified atom stereocenters. The Balaban J connectivity index is 1.78. The van der Waals surface area contributed by atoms with E-state index in [0.717, 1.165) is 12.0 Å². The van der Waals surface area contributed by atoms with Crippen LogP contribution in [0, 0.1) is 19.8 Å². The first-order chi connectivity index (χ1) is 9.60. The van der Waals surface area contributed by atoms with Gasteiger partial charge in [0.05, 0.1) is 0 Å². The third-order valence-corrected chi connectivity index (χ3v) is 6.16. The largest absolute Gasteiger partial charge is 0.311 e. The molecule has 3 atom stereocenters. The highest BCUT2D eigenvalue weighted by Gasteiger charge is 2.38. The van der Waals surface area contributed by atoms with Crippen molar-refractivity contribution in [2.24, 2.45) is 5.92 Å². The van der Waals surface area contributed by atoms with Gasteiger partial charge in [-0.1, -0.05) is 6.92 Å². The summed E-state index contributed by atoms with van der Waals surface area (Å²) in [5, 5.41) is 3.80. The lowest BCUT2D eigenvalue weighted by atomic mass is 9.98. The van der Waals surface area contributed by atoms with E-state index in [0.29, 0.717) is 12.1 Å². The van der Waals surface area contributed by atoms with E-state index in [1.807, 2.05) is 11.3 Å². The summed E-state index contributed by atoms with van der Waals surface area (Å²) in [6.45, 7) is 11.7. The van der Waals surface area contributed by atoms with Crippen molar-refractivity contribution in [3.05, 3.63) is 21.4 Å². The predicted octanol–water partition coefficient (Wildman–Crippen LogP) is 3.89. The molecular weight excluding hydrogens is 264 g/mol. The van der Waals surface area contributed by atoms with E-state index in [9.17, 15) is 0 Å². The van der Waals surface area contributed by atoms with Gasteiger partial charge >= 0.3 is 0 Å². The van der Waals surface area contributed by atoms with Crippen LogP contribution in [0.3, 0.4) is 0 Å². The van der Waals surface area contributed by atoms with Crippen molar-refractivity contribution in [2.75, 3.05) is 13.1 Å². The lowest BCUT2D eigenvalue weighted by Crippen LogP contribution is -2.57. The summed E-state index contributed by atoms with van der Waals surface area (Å²) in [7, 11) is 0. The standard InChI is InChI=1S/C17H28N2S/c1-5-15-9-18-17(14-6-7-14)10-19(15)12(3)16-8-11(2)20-13(16)4/h8,12,14-15,17-18H,5-7,9-10H2,1-4H3. The molecule has 0 aromatic carbocycles. The maximum Gasteiger partial charge on any atom is 0.0335 e. The van der Waals surface area contributed by atoms with Crippen molar-refractivity contribution in [1.82, 2.24) is 10.2 Å². The summed E-state index contributed by atoms with van der Waals surface area (Å²) < 4.78 is 0. The predicted molar refractivity (Wildman–Crippen MR) is 87.5 cm³/mol. The lowest BCUT2D eigenvalue weighted by molar-refractivity contribution is 0.0802. The van der Waals surface area contributed by atoms with Gasteiger partial charge < -0.3 is 5.32 Å². The summed E-state index contributed by atoms with van der Waals surface area (Å²) in [4.78, 5) is 5.73. The average molecular weight is 292 g/mol. The molecule has 3 rings (SSSR count). The molecule has 1 N–H and O–H groups in total. The van der Waals surface area contributed by atoms with Crippen LogP contribution in [0.2, 0.25) is 0 Å². The highest BCUT2D eigenvalue weighted by Crippen LogP contribution is 2.37. The number of rotatable bonds is 4. The first kappa shape index (κ1) is 14.6. The van der Waals surface area contributed by atoms with Crippen LogP contribution in [-0.2, 0) is 0 Å². The van der Waals surface area contributed by atoms with Gasteiger partial charge in [0.25, 0.3) is 0 Å². The molecule has 0 radical (unpaired) electrons. The molecular formula is C17H28N2S. The fourth-order valence-corrected chi connectivity index (χ4v) is 4.77. The third-order valence-electron chi connectivity index (χ3n) is 5.18. The van der Waals surface area contributed by atoms with E-state index >= 15 is 0 Å². The van der Waals surface area contributed by atoms with E-state index < -0.39 is 0 Å². The summed E-state index contributed by atoms with van der Waals surface area (Å²) in [5.41, 5.74) is 1.56. The summed E-state index contributed by atoms with van der Waals surface area (Å²) in [6, 6.07) is 4.40. The Hall–Kier alpha value is -0.380. The Morgan fingerprint density at radius 3 is 2.70 bits per heavy atom. The fourth-order valence-electron chi connectivity index (χ4n) is 3.76. The van der Waals surface area contributed by atoms with Crippen LogP contribution in [-0.4, -0.2) is 30.1 Å². The highest BCUT2D eigenvalue weighted by atomic mass is 32.1. The van der Waals surface area contributed by atoms with Gasteiger partial charge in [-0.05, 0) is 57.6 Å². The van der Waals surface area contributed by atoms with Gasteiger partial charge in [-0.3, -0.25) is 4.90 Å². The van der Waals surface area contributed by atoms with Crippen molar-refractivity contribution in [1.29, 1.82) is 0 Å². The zero-order valence-corrected chi connectivity index (χ0v) is 14.1. The smallest absolute Gasteiger partial charge is 0.0335 e. The van der Waals surface area contributed by atoms with Gasteiger partial charge in [-0.15, -0.1) is 11.3 Å². The van der Waals surface area contributed by atoms with Crippen LogP contribution in [0.25, 0.3) is 0 Å². The van der Waals surface area contributed by atoms with Gasteiger partial charge in [0, 0.05) is 41.0 Å². The fraction of sp³-hybridized carbons (Fsp3) is 0.765. The molecule has 1 aliphatic heterocycles. The molecule has 0 amide bonds. The average Bonchev–Trinajstić information content (AvgIpc) is 3.23. The first-order valence-electron chi connectivity index (χ1n) is 8.16. The second-order valence-corrected chi connectivity index (χ2v) is 8.12. The van der Waals surface area contributed by atoms with Crippen LogP contribution >= 0.6 is 11.3 Å². The summed E-state index contributed by atoms with van der Waals surface area (Å²) >= 11 is 1.95.